The minimum Gasteiger partial charge on any atom is -0.261 e. The monoisotopic (exact) mass is 415 g/mol. The molecule has 20 heavy (non-hydrogen) atoms. The molecule has 2 aromatic rings. The van der Waals surface area contributed by atoms with Gasteiger partial charge in [0.05, 0.1) is 14.5 Å². The smallest absolute Gasteiger partial charge is 0.261 e. The van der Waals surface area contributed by atoms with Gasteiger partial charge in [0.1, 0.15) is 4.90 Å². The van der Waals surface area contributed by atoms with E-state index in [1.165, 1.54) is 24.3 Å². The minimum atomic E-state index is -3.94. The van der Waals surface area contributed by atoms with Gasteiger partial charge in [0, 0.05) is 0 Å². The third-order valence-electron chi connectivity index (χ3n) is 2.15. The van der Waals surface area contributed by atoms with Crippen molar-refractivity contribution in [2.75, 3.05) is 4.72 Å². The van der Waals surface area contributed by atoms with Gasteiger partial charge in [0.25, 0.3) is 10.0 Å². The number of benzene rings is 1. The van der Waals surface area contributed by atoms with Gasteiger partial charge in [0.2, 0.25) is 0 Å². The lowest BCUT2D eigenvalue weighted by Gasteiger charge is -2.10. The van der Waals surface area contributed by atoms with E-state index >= 15 is 0 Å². The fourth-order valence-corrected chi connectivity index (χ4v) is 3.88. The van der Waals surface area contributed by atoms with Crippen molar-refractivity contribution in [3.8, 4) is 0 Å². The summed E-state index contributed by atoms with van der Waals surface area (Å²) in [6.45, 7) is 0. The van der Waals surface area contributed by atoms with Gasteiger partial charge in [-0.1, -0.05) is 40.9 Å². The van der Waals surface area contributed by atoms with Crippen LogP contribution in [0.15, 0.2) is 33.6 Å². The Morgan fingerprint density at radius 2 is 1.85 bits per heavy atom. The number of hydrogen-bond acceptors (Lipinski definition) is 4. The summed E-state index contributed by atoms with van der Waals surface area (Å²) in [7, 11) is -3.94. The van der Waals surface area contributed by atoms with E-state index in [1.807, 2.05) is 0 Å². The Bertz CT molecular complexity index is 770. The molecule has 1 N–H and O–H groups in total. The van der Waals surface area contributed by atoms with Crippen molar-refractivity contribution in [1.82, 2.24) is 10.2 Å². The average molecular weight is 417 g/mol. The molecule has 0 unspecified atom stereocenters. The van der Waals surface area contributed by atoms with E-state index in [4.69, 9.17) is 34.8 Å². The molecule has 0 radical (unpaired) electrons. The van der Waals surface area contributed by atoms with E-state index in [0.717, 1.165) is 0 Å². The summed E-state index contributed by atoms with van der Waals surface area (Å²) in [5, 5.41) is 7.39. The molecule has 5 nitrogen and oxygen atoms in total. The van der Waals surface area contributed by atoms with E-state index in [2.05, 4.69) is 30.8 Å². The number of nitrogens with one attached hydrogen (secondary N) is 1. The quantitative estimate of drug-likeness (QED) is 0.819. The van der Waals surface area contributed by atoms with Gasteiger partial charge in [-0.25, -0.2) is 8.42 Å². The highest BCUT2D eigenvalue weighted by Crippen LogP contribution is 2.31. The van der Waals surface area contributed by atoms with Crippen LogP contribution >= 0.6 is 50.7 Å². The van der Waals surface area contributed by atoms with Crippen LogP contribution < -0.4 is 4.72 Å². The zero-order valence-corrected chi connectivity index (χ0v) is 14.1. The Balaban J connectivity index is 2.44. The number of nitrogens with zero attached hydrogens (tertiary/aromatic N) is 2. The zero-order valence-electron chi connectivity index (χ0n) is 9.44. The van der Waals surface area contributed by atoms with Gasteiger partial charge in [-0.15, -0.1) is 10.2 Å². The van der Waals surface area contributed by atoms with Crippen molar-refractivity contribution in [2.45, 2.75) is 4.90 Å². The topological polar surface area (TPSA) is 72.0 Å². The third kappa shape index (κ3) is 3.35. The van der Waals surface area contributed by atoms with Gasteiger partial charge < -0.3 is 0 Å². The summed E-state index contributed by atoms with van der Waals surface area (Å²) < 4.78 is 27.1. The lowest BCUT2D eigenvalue weighted by molar-refractivity contribution is 0.601. The van der Waals surface area contributed by atoms with Gasteiger partial charge in [-0.05, 0) is 34.1 Å². The highest BCUT2D eigenvalue weighted by Gasteiger charge is 2.21. The highest BCUT2D eigenvalue weighted by molar-refractivity contribution is 9.10. The standard InChI is InChI=1S/C10H5BrCl3N3O2S/c11-5-4-8(13)15-16-10(5)17-20(18,19)7-3-1-2-6(12)9(7)14/h1-4H,(H,16,17). The summed E-state index contributed by atoms with van der Waals surface area (Å²) in [5.74, 6) is -0.00885. The Kier molecular flexibility index (Phi) is 4.76. The van der Waals surface area contributed by atoms with E-state index in [1.54, 1.807) is 0 Å². The first-order valence-electron chi connectivity index (χ1n) is 4.97. The maximum absolute atomic E-state index is 12.2. The van der Waals surface area contributed by atoms with Crippen LogP contribution in [0.25, 0.3) is 0 Å². The molecule has 0 amide bonds. The second kappa shape index (κ2) is 6.03. The molecule has 1 aromatic carbocycles. The molecule has 0 aliphatic rings. The van der Waals surface area contributed by atoms with Crippen molar-refractivity contribution in [1.29, 1.82) is 0 Å². The van der Waals surface area contributed by atoms with Crippen molar-refractivity contribution >= 4 is 66.6 Å². The normalized spacial score (nSPS) is 11.4. The first-order valence-corrected chi connectivity index (χ1v) is 8.38. The molecule has 0 atom stereocenters. The van der Waals surface area contributed by atoms with Crippen molar-refractivity contribution in [2.24, 2.45) is 0 Å². The number of aromatic nitrogens is 2. The second-order valence-electron chi connectivity index (χ2n) is 3.52. The SMILES string of the molecule is O=S(=O)(Nc1nnc(Cl)cc1Br)c1cccc(Cl)c1Cl. The van der Waals surface area contributed by atoms with Crippen LogP contribution in [0.2, 0.25) is 15.2 Å². The van der Waals surface area contributed by atoms with Gasteiger partial charge in [-0.2, -0.15) is 0 Å². The lowest BCUT2D eigenvalue weighted by Crippen LogP contribution is -2.15. The van der Waals surface area contributed by atoms with Crippen molar-refractivity contribution < 1.29 is 8.42 Å². The molecule has 1 aromatic heterocycles. The summed E-state index contributed by atoms with van der Waals surface area (Å²) in [6.07, 6.45) is 0. The number of anilines is 1. The predicted octanol–water partition coefficient (Wildman–Crippen LogP) is 4.00. The van der Waals surface area contributed by atoms with Crippen LogP contribution in [0, 0.1) is 0 Å². The molecule has 0 spiro atoms. The molecular formula is C10H5BrCl3N3O2S. The molecule has 106 valence electrons. The summed E-state index contributed by atoms with van der Waals surface area (Å²) in [5.41, 5.74) is 0. The maximum atomic E-state index is 12.2. The first kappa shape index (κ1) is 15.8. The first-order chi connectivity index (χ1) is 9.31. The van der Waals surface area contributed by atoms with E-state index in [0.29, 0.717) is 4.47 Å². The number of halogens is 4. The molecule has 10 heteroatoms. The van der Waals surface area contributed by atoms with Gasteiger partial charge in [0.15, 0.2) is 11.0 Å². The molecule has 0 saturated carbocycles. The maximum Gasteiger partial charge on any atom is 0.264 e. The van der Waals surface area contributed by atoms with Crippen LogP contribution in [-0.4, -0.2) is 18.6 Å². The second-order valence-corrected chi connectivity index (χ2v) is 7.20. The molecule has 2 rings (SSSR count). The molecule has 0 bridgehead atoms. The molecule has 0 aliphatic heterocycles. The number of hydrogen-bond donors (Lipinski definition) is 1. The van der Waals surface area contributed by atoms with E-state index in [-0.39, 0.29) is 25.9 Å². The third-order valence-corrected chi connectivity index (χ3v) is 5.26. The fourth-order valence-electron chi connectivity index (χ4n) is 1.29. The molecular weight excluding hydrogens is 412 g/mol. The molecule has 0 fully saturated rings. The summed E-state index contributed by atoms with van der Waals surface area (Å²) in [6, 6.07) is 5.70. The fraction of sp³-hybridized carbons (Fsp3) is 0. The summed E-state index contributed by atoms with van der Waals surface area (Å²) in [4.78, 5) is -0.157. The van der Waals surface area contributed by atoms with Crippen LogP contribution in [0.5, 0.6) is 0 Å². The van der Waals surface area contributed by atoms with Gasteiger partial charge in [-0.3, -0.25) is 4.72 Å². The average Bonchev–Trinajstić information content (AvgIpc) is 2.36. The van der Waals surface area contributed by atoms with Crippen LogP contribution in [0.4, 0.5) is 5.82 Å². The van der Waals surface area contributed by atoms with Crippen molar-refractivity contribution in [3.63, 3.8) is 0 Å². The van der Waals surface area contributed by atoms with Gasteiger partial charge >= 0.3 is 0 Å². The highest BCUT2D eigenvalue weighted by atomic mass is 79.9. The Morgan fingerprint density at radius 3 is 2.50 bits per heavy atom. The van der Waals surface area contributed by atoms with Crippen LogP contribution in [0.3, 0.4) is 0 Å². The Morgan fingerprint density at radius 1 is 1.15 bits per heavy atom. The largest absolute Gasteiger partial charge is 0.264 e. The Hall–Kier alpha value is -0.600. The van der Waals surface area contributed by atoms with Crippen molar-refractivity contribution in [3.05, 3.63) is 43.9 Å². The molecule has 0 aliphatic carbocycles. The minimum absolute atomic E-state index is 0.00885. The molecule has 1 heterocycles. The lowest BCUT2D eigenvalue weighted by atomic mass is 10.4. The predicted molar refractivity (Wildman–Crippen MR) is 82.0 cm³/mol. The Labute approximate surface area is 138 Å². The molecule has 0 saturated heterocycles. The van der Waals surface area contributed by atoms with Crippen LogP contribution in [0.1, 0.15) is 0 Å². The van der Waals surface area contributed by atoms with E-state index < -0.39 is 10.0 Å². The summed E-state index contributed by atoms with van der Waals surface area (Å²) >= 11 is 20.4. The zero-order chi connectivity index (χ0) is 14.9. The van der Waals surface area contributed by atoms with E-state index in [9.17, 15) is 8.42 Å². The number of rotatable bonds is 3. The van der Waals surface area contributed by atoms with Crippen LogP contribution in [-0.2, 0) is 10.0 Å². The number of sulfonamides is 1.